The van der Waals surface area contributed by atoms with E-state index in [4.69, 9.17) is 4.74 Å². The van der Waals surface area contributed by atoms with Gasteiger partial charge in [-0.15, -0.1) is 0 Å². The van der Waals surface area contributed by atoms with Crippen molar-refractivity contribution in [2.45, 2.75) is 18.9 Å². The highest BCUT2D eigenvalue weighted by Gasteiger charge is 2.28. The molecule has 2 heteroatoms. The molecule has 1 aromatic carbocycles. The first-order chi connectivity index (χ1) is 6.79. The fraction of sp³-hybridized carbons (Fsp3) is 0.500. The summed E-state index contributed by atoms with van der Waals surface area (Å²) in [6, 6.07) is 10.5. The summed E-state index contributed by atoms with van der Waals surface area (Å²) in [7, 11) is 0. The van der Waals surface area contributed by atoms with Crippen LogP contribution in [0.1, 0.15) is 12.5 Å². The van der Waals surface area contributed by atoms with Crippen molar-refractivity contribution in [2.75, 3.05) is 19.8 Å². The fourth-order valence-electron chi connectivity index (χ4n) is 1.86. The van der Waals surface area contributed by atoms with E-state index >= 15 is 0 Å². The molecular weight excluding hydrogens is 174 g/mol. The third kappa shape index (κ3) is 2.34. The Balaban J connectivity index is 2.02. The van der Waals surface area contributed by atoms with Crippen LogP contribution >= 0.6 is 0 Å². The van der Waals surface area contributed by atoms with Crippen molar-refractivity contribution >= 4 is 0 Å². The van der Waals surface area contributed by atoms with Gasteiger partial charge in [-0.25, -0.2) is 5.32 Å². The highest BCUT2D eigenvalue weighted by Crippen LogP contribution is 2.17. The monoisotopic (exact) mass is 190 g/mol. The summed E-state index contributed by atoms with van der Waals surface area (Å²) in [6.07, 6.45) is 0.980. The van der Waals surface area contributed by atoms with Crippen LogP contribution in [0.25, 0.3) is 0 Å². The van der Waals surface area contributed by atoms with Crippen molar-refractivity contribution in [3.05, 3.63) is 35.9 Å². The van der Waals surface area contributed by atoms with Crippen LogP contribution in [0.2, 0.25) is 0 Å². The molecule has 1 saturated heterocycles. The van der Waals surface area contributed by atoms with Crippen molar-refractivity contribution in [1.29, 1.82) is 0 Å². The summed E-state index contributed by atoms with van der Waals surface area (Å²) >= 11 is 0. The molecule has 14 heavy (non-hydrogen) atoms. The summed E-state index contributed by atoms with van der Waals surface area (Å²) < 4.78 is 5.46. The van der Waals surface area contributed by atoms with Gasteiger partial charge in [-0.05, 0) is 18.9 Å². The molecule has 75 valence electrons. The topological polar surface area (TPSA) is 23.3 Å². The molecule has 0 saturated carbocycles. The second-order valence-electron chi connectivity index (χ2n) is 4.09. The molecule has 1 fully saturated rings. The van der Waals surface area contributed by atoms with Gasteiger partial charge in [-0.2, -0.15) is 0 Å². The second-order valence-corrected chi connectivity index (χ2v) is 4.09. The van der Waals surface area contributed by atoms with Gasteiger partial charge in [-0.1, -0.05) is 30.3 Å². The first-order valence-corrected chi connectivity index (χ1v) is 5.09. The summed E-state index contributed by atoms with van der Waals surface area (Å²) in [5.41, 5.74) is 1.32. The lowest BCUT2D eigenvalue weighted by Crippen LogP contribution is -2.48. The average Bonchev–Trinajstić information content (AvgIpc) is 2.19. The number of benzene rings is 1. The molecule has 2 rings (SSSR count). The lowest BCUT2D eigenvalue weighted by molar-refractivity contribution is 0.0327. The summed E-state index contributed by atoms with van der Waals surface area (Å²) in [4.78, 5) is 0. The maximum absolute atomic E-state index is 5.46. The number of hydrogen-bond donors (Lipinski definition) is 0. The number of morpholine rings is 1. The maximum Gasteiger partial charge on any atom is 0.0665 e. The predicted molar refractivity (Wildman–Crippen MR) is 56.4 cm³/mol. The van der Waals surface area contributed by atoms with E-state index in [1.807, 2.05) is 6.07 Å². The van der Waals surface area contributed by atoms with Crippen LogP contribution in [0.4, 0.5) is 0 Å². The molecule has 1 aliphatic rings. The van der Waals surface area contributed by atoms with Crippen LogP contribution in [0, 0.1) is 0 Å². The molecular formula is C12H16NO. The first kappa shape index (κ1) is 9.69. The van der Waals surface area contributed by atoms with Crippen molar-refractivity contribution in [3.8, 4) is 0 Å². The van der Waals surface area contributed by atoms with Gasteiger partial charge in [0.05, 0.1) is 18.8 Å². The Hall–Kier alpha value is -0.860. The molecule has 0 N–H and O–H groups in total. The van der Waals surface area contributed by atoms with Gasteiger partial charge in [0.25, 0.3) is 0 Å². The Kier molecular flexibility index (Phi) is 2.85. The van der Waals surface area contributed by atoms with E-state index in [-0.39, 0.29) is 5.54 Å². The molecule has 0 spiro atoms. The summed E-state index contributed by atoms with van der Waals surface area (Å²) in [5, 5.41) is 4.63. The molecule has 0 aliphatic carbocycles. The van der Waals surface area contributed by atoms with Crippen LogP contribution < -0.4 is 5.32 Å². The Morgan fingerprint density at radius 3 is 2.79 bits per heavy atom. The SMILES string of the molecule is CC1(Cc2ccccc2)COCC[N]1. The highest BCUT2D eigenvalue weighted by molar-refractivity contribution is 5.17. The van der Waals surface area contributed by atoms with Crippen molar-refractivity contribution in [1.82, 2.24) is 5.32 Å². The lowest BCUT2D eigenvalue weighted by Gasteiger charge is -2.33. The van der Waals surface area contributed by atoms with Gasteiger partial charge in [0.15, 0.2) is 0 Å². The standard InChI is InChI=1S/C12H16NO/c1-12(10-14-8-7-13-12)9-11-5-3-2-4-6-11/h2-6H,7-10H2,1H3. The molecule has 1 aromatic rings. The molecule has 0 bridgehead atoms. The minimum atomic E-state index is -0.0143. The minimum Gasteiger partial charge on any atom is -0.378 e. The molecule has 1 radical (unpaired) electrons. The predicted octanol–water partition coefficient (Wildman–Crippen LogP) is 1.62. The van der Waals surface area contributed by atoms with Gasteiger partial charge < -0.3 is 4.74 Å². The molecule has 2 nitrogen and oxygen atoms in total. The normalized spacial score (nSPS) is 27.5. The van der Waals surface area contributed by atoms with Crippen LogP contribution in [0.5, 0.6) is 0 Å². The van der Waals surface area contributed by atoms with E-state index in [9.17, 15) is 0 Å². The van der Waals surface area contributed by atoms with Crippen molar-refractivity contribution < 1.29 is 4.74 Å². The fourth-order valence-corrected chi connectivity index (χ4v) is 1.86. The van der Waals surface area contributed by atoms with Gasteiger partial charge in [-0.3, -0.25) is 0 Å². The van der Waals surface area contributed by atoms with Gasteiger partial charge in [0.2, 0.25) is 0 Å². The van der Waals surface area contributed by atoms with Crippen LogP contribution in [-0.4, -0.2) is 25.3 Å². The molecule has 0 aromatic heterocycles. The molecule has 1 aliphatic heterocycles. The van der Waals surface area contributed by atoms with Gasteiger partial charge in [0, 0.05) is 6.54 Å². The first-order valence-electron chi connectivity index (χ1n) is 5.09. The van der Waals surface area contributed by atoms with Crippen molar-refractivity contribution in [3.63, 3.8) is 0 Å². The molecule has 1 atom stereocenters. The number of hydrogen-bond acceptors (Lipinski definition) is 1. The average molecular weight is 190 g/mol. The van der Waals surface area contributed by atoms with E-state index in [1.54, 1.807) is 0 Å². The highest BCUT2D eigenvalue weighted by atomic mass is 16.5. The van der Waals surface area contributed by atoms with E-state index in [1.165, 1.54) is 5.56 Å². The smallest absolute Gasteiger partial charge is 0.0665 e. The Morgan fingerprint density at radius 1 is 1.36 bits per heavy atom. The largest absolute Gasteiger partial charge is 0.378 e. The van der Waals surface area contributed by atoms with Crippen molar-refractivity contribution in [2.24, 2.45) is 0 Å². The third-order valence-corrected chi connectivity index (χ3v) is 2.57. The molecule has 0 amide bonds. The Labute approximate surface area is 85.3 Å². The van der Waals surface area contributed by atoms with Gasteiger partial charge >= 0.3 is 0 Å². The number of ether oxygens (including phenoxy) is 1. The lowest BCUT2D eigenvalue weighted by atomic mass is 9.93. The molecule has 1 heterocycles. The van der Waals surface area contributed by atoms with E-state index < -0.39 is 0 Å². The number of rotatable bonds is 2. The van der Waals surface area contributed by atoms with E-state index in [2.05, 4.69) is 36.5 Å². The summed E-state index contributed by atoms with van der Waals surface area (Å²) in [5.74, 6) is 0. The van der Waals surface area contributed by atoms with Crippen LogP contribution in [0.15, 0.2) is 30.3 Å². The minimum absolute atomic E-state index is 0.0143. The zero-order chi connectivity index (χ0) is 9.86. The summed E-state index contributed by atoms with van der Waals surface area (Å²) in [6.45, 7) is 4.54. The van der Waals surface area contributed by atoms with Crippen LogP contribution in [-0.2, 0) is 11.2 Å². The second kappa shape index (κ2) is 4.11. The zero-order valence-corrected chi connectivity index (χ0v) is 8.57. The van der Waals surface area contributed by atoms with Gasteiger partial charge in [0.1, 0.15) is 0 Å². The third-order valence-electron chi connectivity index (χ3n) is 2.57. The van der Waals surface area contributed by atoms with E-state index in [0.717, 1.165) is 26.2 Å². The Morgan fingerprint density at radius 2 is 2.14 bits per heavy atom. The van der Waals surface area contributed by atoms with Crippen LogP contribution in [0.3, 0.4) is 0 Å². The Bertz CT molecular complexity index is 278. The molecule has 1 unspecified atom stereocenters. The van der Waals surface area contributed by atoms with E-state index in [0.29, 0.717) is 0 Å². The maximum atomic E-state index is 5.46. The quantitative estimate of drug-likeness (QED) is 0.695. The zero-order valence-electron chi connectivity index (χ0n) is 8.57. The number of nitrogens with zero attached hydrogens (tertiary/aromatic N) is 1.